The van der Waals surface area contributed by atoms with Gasteiger partial charge >= 0.3 is 0 Å². The lowest BCUT2D eigenvalue weighted by Crippen LogP contribution is -2.18. The van der Waals surface area contributed by atoms with Gasteiger partial charge in [0.2, 0.25) is 0 Å². The molecule has 0 aliphatic carbocycles. The highest BCUT2D eigenvalue weighted by molar-refractivity contribution is 5.71. The third-order valence-electron chi connectivity index (χ3n) is 5.59. The number of hydrogen-bond acceptors (Lipinski definition) is 1. The molecule has 152 valence electrons. The summed E-state index contributed by atoms with van der Waals surface area (Å²) in [6.45, 7) is 11.4. The molecule has 0 spiro atoms. The van der Waals surface area contributed by atoms with Crippen LogP contribution in [0.25, 0.3) is 28.2 Å². The molecule has 2 heteroatoms. The van der Waals surface area contributed by atoms with Gasteiger partial charge in [0, 0.05) is 18.0 Å². The molecule has 4 rings (SSSR count). The highest BCUT2D eigenvalue weighted by Crippen LogP contribution is 2.39. The maximum Gasteiger partial charge on any atom is 0.144 e. The predicted molar refractivity (Wildman–Crippen MR) is 127 cm³/mol. The van der Waals surface area contributed by atoms with Crippen LogP contribution in [-0.2, 0) is 5.41 Å². The smallest absolute Gasteiger partial charge is 0.144 e. The van der Waals surface area contributed by atoms with Crippen molar-refractivity contribution in [1.82, 2.24) is 9.55 Å². The van der Waals surface area contributed by atoms with E-state index in [4.69, 9.17) is 4.98 Å². The van der Waals surface area contributed by atoms with E-state index in [0.29, 0.717) is 5.92 Å². The second kappa shape index (κ2) is 7.95. The Labute approximate surface area is 180 Å². The summed E-state index contributed by atoms with van der Waals surface area (Å²) < 4.78 is 2.28. The molecule has 30 heavy (non-hydrogen) atoms. The quantitative estimate of drug-likeness (QED) is 0.348. The van der Waals surface area contributed by atoms with E-state index in [-0.39, 0.29) is 5.41 Å². The molecule has 0 unspecified atom stereocenters. The Morgan fingerprint density at radius 1 is 0.767 bits per heavy atom. The van der Waals surface area contributed by atoms with E-state index in [2.05, 4.69) is 112 Å². The Hall–Kier alpha value is -3.13. The predicted octanol–water partition coefficient (Wildman–Crippen LogP) is 7.63. The molecular weight excluding hydrogens is 364 g/mol. The van der Waals surface area contributed by atoms with E-state index in [1.165, 1.54) is 27.9 Å². The van der Waals surface area contributed by atoms with Gasteiger partial charge in [-0.1, -0.05) is 95.3 Å². The first-order chi connectivity index (χ1) is 14.4. The molecular formula is C28H30N2. The Bertz CT molecular complexity index is 1130. The topological polar surface area (TPSA) is 17.8 Å². The maximum absolute atomic E-state index is 4.73. The second-order valence-corrected chi connectivity index (χ2v) is 9.22. The van der Waals surface area contributed by atoms with Crippen molar-refractivity contribution in [2.45, 2.75) is 46.0 Å². The fourth-order valence-electron chi connectivity index (χ4n) is 4.02. The summed E-state index contributed by atoms with van der Waals surface area (Å²) in [6.07, 6.45) is 4.00. The average molecular weight is 395 g/mol. The molecule has 0 radical (unpaired) electrons. The van der Waals surface area contributed by atoms with E-state index in [0.717, 1.165) is 11.4 Å². The van der Waals surface area contributed by atoms with Crippen molar-refractivity contribution in [1.29, 1.82) is 0 Å². The number of rotatable bonds is 4. The van der Waals surface area contributed by atoms with Crippen molar-refractivity contribution < 1.29 is 0 Å². The fraction of sp³-hybridized carbons (Fsp3) is 0.250. The van der Waals surface area contributed by atoms with Gasteiger partial charge in [-0.15, -0.1) is 0 Å². The number of nitrogens with zero attached hydrogens (tertiary/aromatic N) is 2. The van der Waals surface area contributed by atoms with Gasteiger partial charge < -0.3 is 0 Å². The lowest BCUT2D eigenvalue weighted by Gasteiger charge is -2.29. The van der Waals surface area contributed by atoms with Crippen molar-refractivity contribution in [3.05, 3.63) is 96.3 Å². The van der Waals surface area contributed by atoms with E-state index in [1.54, 1.807) is 0 Å². The van der Waals surface area contributed by atoms with E-state index >= 15 is 0 Å². The number of aromatic nitrogens is 2. The minimum Gasteiger partial charge on any atom is -0.299 e. The first-order valence-corrected chi connectivity index (χ1v) is 10.7. The van der Waals surface area contributed by atoms with Gasteiger partial charge in [0.1, 0.15) is 5.82 Å². The molecule has 0 N–H and O–H groups in total. The van der Waals surface area contributed by atoms with E-state index < -0.39 is 0 Å². The van der Waals surface area contributed by atoms with Crippen LogP contribution < -0.4 is 0 Å². The first-order valence-electron chi connectivity index (χ1n) is 10.7. The fourth-order valence-corrected chi connectivity index (χ4v) is 4.02. The summed E-state index contributed by atoms with van der Waals surface area (Å²) in [4.78, 5) is 4.73. The van der Waals surface area contributed by atoms with Crippen LogP contribution in [0.5, 0.6) is 0 Å². The summed E-state index contributed by atoms with van der Waals surface area (Å²) in [7, 11) is 0. The monoisotopic (exact) mass is 394 g/mol. The Morgan fingerprint density at radius 2 is 1.37 bits per heavy atom. The van der Waals surface area contributed by atoms with Crippen molar-refractivity contribution in [3.63, 3.8) is 0 Å². The second-order valence-electron chi connectivity index (χ2n) is 9.22. The molecule has 0 amide bonds. The lowest BCUT2D eigenvalue weighted by molar-refractivity contribution is 0.584. The van der Waals surface area contributed by atoms with Crippen molar-refractivity contribution in [2.24, 2.45) is 0 Å². The lowest BCUT2D eigenvalue weighted by atomic mass is 9.80. The van der Waals surface area contributed by atoms with Gasteiger partial charge in [-0.05, 0) is 45.7 Å². The number of hydrogen-bond donors (Lipinski definition) is 0. The summed E-state index contributed by atoms with van der Waals surface area (Å²) in [5.74, 6) is 1.37. The van der Waals surface area contributed by atoms with Crippen molar-refractivity contribution in [3.8, 4) is 28.2 Å². The summed E-state index contributed by atoms with van der Waals surface area (Å²) >= 11 is 0. The average Bonchev–Trinajstić information content (AvgIpc) is 3.23. The Balaban J connectivity index is 2.02. The normalized spacial score (nSPS) is 11.8. The van der Waals surface area contributed by atoms with Gasteiger partial charge in [-0.25, -0.2) is 4.98 Å². The largest absolute Gasteiger partial charge is 0.299 e. The van der Waals surface area contributed by atoms with Crippen molar-refractivity contribution >= 4 is 0 Å². The van der Waals surface area contributed by atoms with Gasteiger partial charge in [0.05, 0.1) is 5.69 Å². The van der Waals surface area contributed by atoms with Crippen molar-refractivity contribution in [2.75, 3.05) is 0 Å². The maximum atomic E-state index is 4.73. The molecule has 0 bridgehead atoms. The molecule has 2 nitrogen and oxygen atoms in total. The molecule has 3 aromatic carbocycles. The van der Waals surface area contributed by atoms with Crippen LogP contribution in [0.1, 0.15) is 51.7 Å². The number of benzene rings is 3. The zero-order valence-electron chi connectivity index (χ0n) is 18.6. The SMILES string of the molecule is CC(C)c1cc(-c2ccccc2)cc(C(C)(C)C)c1-n1ccnc1-c1ccccc1. The molecule has 0 aliphatic heterocycles. The highest BCUT2D eigenvalue weighted by atomic mass is 15.1. The van der Waals surface area contributed by atoms with E-state index in [9.17, 15) is 0 Å². The third-order valence-corrected chi connectivity index (χ3v) is 5.59. The van der Waals surface area contributed by atoms with E-state index in [1.807, 2.05) is 12.3 Å². The summed E-state index contributed by atoms with van der Waals surface area (Å²) in [6, 6.07) is 25.8. The molecule has 0 aliphatic rings. The van der Waals surface area contributed by atoms with Gasteiger partial charge in [-0.3, -0.25) is 4.57 Å². The van der Waals surface area contributed by atoms with Crippen LogP contribution in [0, 0.1) is 0 Å². The zero-order chi connectivity index (χ0) is 21.3. The molecule has 4 aromatic rings. The highest BCUT2D eigenvalue weighted by Gasteiger charge is 2.25. The van der Waals surface area contributed by atoms with Gasteiger partial charge in [0.15, 0.2) is 0 Å². The van der Waals surface area contributed by atoms with Crippen LogP contribution in [0.2, 0.25) is 0 Å². The summed E-state index contributed by atoms with van der Waals surface area (Å²) in [5, 5.41) is 0. The molecule has 0 fully saturated rings. The van der Waals surface area contributed by atoms with Crippen LogP contribution in [0.3, 0.4) is 0 Å². The van der Waals surface area contributed by atoms with Gasteiger partial charge in [-0.2, -0.15) is 0 Å². The van der Waals surface area contributed by atoms with Gasteiger partial charge in [0.25, 0.3) is 0 Å². The molecule has 0 saturated carbocycles. The van der Waals surface area contributed by atoms with Crippen LogP contribution in [0.15, 0.2) is 85.2 Å². The number of imidazole rings is 1. The standard InChI is InChI=1S/C28H30N2/c1-20(2)24-18-23(21-12-8-6-9-13-21)19-25(28(3,4)5)26(24)30-17-16-29-27(30)22-14-10-7-11-15-22/h6-20H,1-5H3. The molecule has 1 aromatic heterocycles. The molecule has 1 heterocycles. The minimum absolute atomic E-state index is 0.0119. The molecule has 0 saturated heterocycles. The molecule has 0 atom stereocenters. The zero-order valence-corrected chi connectivity index (χ0v) is 18.6. The third kappa shape index (κ3) is 3.82. The summed E-state index contributed by atoms with van der Waals surface area (Å²) in [5.41, 5.74) is 7.58. The Morgan fingerprint density at radius 3 is 1.93 bits per heavy atom. The van der Waals surface area contributed by atoms with Crippen LogP contribution in [-0.4, -0.2) is 9.55 Å². The van der Waals surface area contributed by atoms with Crippen LogP contribution >= 0.6 is 0 Å². The minimum atomic E-state index is -0.0119. The Kier molecular flexibility index (Phi) is 5.34. The van der Waals surface area contributed by atoms with Crippen LogP contribution in [0.4, 0.5) is 0 Å². The first kappa shape index (κ1) is 20.2.